The Balaban J connectivity index is 1.71. The van der Waals surface area contributed by atoms with Crippen LogP contribution in [0.25, 0.3) is 0 Å². The zero-order valence-corrected chi connectivity index (χ0v) is 11.7. The van der Waals surface area contributed by atoms with Crippen LogP contribution in [0.15, 0.2) is 4.99 Å². The monoisotopic (exact) mass is 266 g/mol. The highest BCUT2D eigenvalue weighted by atomic mass is 16.5. The van der Waals surface area contributed by atoms with Gasteiger partial charge in [-0.1, -0.05) is 19.3 Å². The minimum atomic E-state index is 0.388. The van der Waals surface area contributed by atoms with Crippen molar-refractivity contribution in [2.45, 2.75) is 69.6 Å². The van der Waals surface area contributed by atoms with Crippen LogP contribution < -0.4 is 11.3 Å². The Bertz CT molecular complexity index is 327. The molecule has 3 rings (SSSR count). The highest BCUT2D eigenvalue weighted by Gasteiger charge is 2.37. The molecule has 5 nitrogen and oxygen atoms in total. The average molecular weight is 266 g/mol. The van der Waals surface area contributed by atoms with E-state index in [-0.39, 0.29) is 0 Å². The highest BCUT2D eigenvalue weighted by Crippen LogP contribution is 2.30. The van der Waals surface area contributed by atoms with Gasteiger partial charge in [-0.2, -0.15) is 0 Å². The summed E-state index contributed by atoms with van der Waals surface area (Å²) in [5.41, 5.74) is 2.85. The summed E-state index contributed by atoms with van der Waals surface area (Å²) in [6.45, 7) is 1.71. The molecule has 0 radical (unpaired) electrons. The smallest absolute Gasteiger partial charge is 0.209 e. The molecular formula is C14H26N4O. The first-order chi connectivity index (χ1) is 9.38. The van der Waals surface area contributed by atoms with E-state index in [1.165, 1.54) is 51.4 Å². The van der Waals surface area contributed by atoms with Crippen molar-refractivity contribution in [1.29, 1.82) is 0 Å². The topological polar surface area (TPSA) is 62.9 Å². The molecule has 3 aliphatic rings. The Labute approximate surface area is 115 Å². The molecule has 0 aromatic carbocycles. The Morgan fingerprint density at radius 1 is 1.11 bits per heavy atom. The SMILES string of the molecule is NNC(=NC1CCCCC1)N1CCOC2CCCC21. The number of aliphatic imine (C=N–C) groups is 1. The molecule has 3 fully saturated rings. The predicted octanol–water partition coefficient (Wildman–Crippen LogP) is 1.39. The fourth-order valence-corrected chi connectivity index (χ4v) is 3.77. The lowest BCUT2D eigenvalue weighted by molar-refractivity contribution is -0.0307. The molecule has 1 heterocycles. The minimum Gasteiger partial charge on any atom is -0.374 e. The molecule has 0 bridgehead atoms. The van der Waals surface area contributed by atoms with Crippen LogP contribution in [0, 0.1) is 0 Å². The number of hydrazine groups is 1. The van der Waals surface area contributed by atoms with Gasteiger partial charge in [0, 0.05) is 6.54 Å². The van der Waals surface area contributed by atoms with Crippen molar-refractivity contribution in [2.24, 2.45) is 10.8 Å². The molecule has 19 heavy (non-hydrogen) atoms. The summed E-state index contributed by atoms with van der Waals surface area (Å²) >= 11 is 0. The molecule has 0 aromatic rings. The number of nitrogens with one attached hydrogen (secondary N) is 1. The molecule has 1 aliphatic heterocycles. The van der Waals surface area contributed by atoms with Crippen LogP contribution >= 0.6 is 0 Å². The van der Waals surface area contributed by atoms with E-state index in [9.17, 15) is 0 Å². The van der Waals surface area contributed by atoms with E-state index in [0.29, 0.717) is 18.2 Å². The van der Waals surface area contributed by atoms with Gasteiger partial charge in [-0.25, -0.2) is 10.8 Å². The van der Waals surface area contributed by atoms with Gasteiger partial charge >= 0.3 is 0 Å². The number of nitrogens with two attached hydrogens (primary N) is 1. The van der Waals surface area contributed by atoms with Crippen molar-refractivity contribution in [3.05, 3.63) is 0 Å². The maximum atomic E-state index is 5.85. The summed E-state index contributed by atoms with van der Waals surface area (Å²) in [7, 11) is 0. The van der Waals surface area contributed by atoms with Gasteiger partial charge in [-0.15, -0.1) is 0 Å². The highest BCUT2D eigenvalue weighted by molar-refractivity contribution is 5.80. The Morgan fingerprint density at radius 3 is 2.74 bits per heavy atom. The van der Waals surface area contributed by atoms with Gasteiger partial charge in [-0.05, 0) is 32.1 Å². The summed E-state index contributed by atoms with van der Waals surface area (Å²) < 4.78 is 5.85. The first kappa shape index (κ1) is 13.2. The Morgan fingerprint density at radius 2 is 1.95 bits per heavy atom. The first-order valence-corrected chi connectivity index (χ1v) is 7.81. The van der Waals surface area contributed by atoms with Gasteiger partial charge in [0.1, 0.15) is 0 Å². The van der Waals surface area contributed by atoms with Crippen LogP contribution in [0.3, 0.4) is 0 Å². The Kier molecular flexibility index (Phi) is 4.23. The van der Waals surface area contributed by atoms with Crippen molar-refractivity contribution in [3.8, 4) is 0 Å². The number of ether oxygens (including phenoxy) is 1. The zero-order valence-electron chi connectivity index (χ0n) is 11.7. The fourth-order valence-electron chi connectivity index (χ4n) is 3.77. The number of hydrogen-bond acceptors (Lipinski definition) is 3. The van der Waals surface area contributed by atoms with Crippen LogP contribution in [0.2, 0.25) is 0 Å². The molecule has 2 aliphatic carbocycles. The van der Waals surface area contributed by atoms with Crippen LogP contribution in [0.4, 0.5) is 0 Å². The molecule has 1 saturated heterocycles. The van der Waals surface area contributed by atoms with Crippen molar-refractivity contribution < 1.29 is 4.74 Å². The molecule has 0 amide bonds. The molecule has 0 aromatic heterocycles. The number of fused-ring (bicyclic) bond motifs is 1. The van der Waals surface area contributed by atoms with Gasteiger partial charge in [-0.3, -0.25) is 5.43 Å². The van der Waals surface area contributed by atoms with Crippen LogP contribution in [0.5, 0.6) is 0 Å². The number of nitrogens with zero attached hydrogens (tertiary/aromatic N) is 2. The van der Waals surface area contributed by atoms with Crippen LogP contribution in [0.1, 0.15) is 51.4 Å². The quantitative estimate of drug-likeness (QED) is 0.326. The second-order valence-corrected chi connectivity index (χ2v) is 5.99. The molecule has 3 N–H and O–H groups in total. The second-order valence-electron chi connectivity index (χ2n) is 5.99. The molecule has 2 saturated carbocycles. The average Bonchev–Trinajstić information content (AvgIpc) is 2.94. The van der Waals surface area contributed by atoms with E-state index in [1.54, 1.807) is 0 Å². The van der Waals surface area contributed by atoms with E-state index in [0.717, 1.165) is 19.1 Å². The lowest BCUT2D eigenvalue weighted by Gasteiger charge is -2.39. The van der Waals surface area contributed by atoms with Gasteiger partial charge in [0.2, 0.25) is 5.96 Å². The van der Waals surface area contributed by atoms with E-state index in [4.69, 9.17) is 15.6 Å². The third kappa shape index (κ3) is 2.87. The van der Waals surface area contributed by atoms with Crippen molar-refractivity contribution in [1.82, 2.24) is 10.3 Å². The van der Waals surface area contributed by atoms with Crippen molar-refractivity contribution >= 4 is 5.96 Å². The van der Waals surface area contributed by atoms with Crippen molar-refractivity contribution in [2.75, 3.05) is 13.2 Å². The summed E-state index contributed by atoms with van der Waals surface area (Å²) in [5, 5.41) is 0. The molecule has 2 atom stereocenters. The van der Waals surface area contributed by atoms with Crippen molar-refractivity contribution in [3.63, 3.8) is 0 Å². The minimum absolute atomic E-state index is 0.388. The number of hydrogen-bond donors (Lipinski definition) is 2. The third-order valence-electron chi connectivity index (χ3n) is 4.76. The summed E-state index contributed by atoms with van der Waals surface area (Å²) in [5.74, 6) is 6.64. The lowest BCUT2D eigenvalue weighted by atomic mass is 9.96. The van der Waals surface area contributed by atoms with Crippen LogP contribution in [-0.4, -0.2) is 42.2 Å². The third-order valence-corrected chi connectivity index (χ3v) is 4.76. The molecule has 0 spiro atoms. The molecule has 108 valence electrons. The summed E-state index contributed by atoms with van der Waals surface area (Å²) in [6, 6.07) is 0.939. The van der Waals surface area contributed by atoms with E-state index < -0.39 is 0 Å². The standard InChI is InChI=1S/C14H26N4O/c15-17-14(16-11-5-2-1-3-6-11)18-9-10-19-13-8-4-7-12(13)18/h11-13H,1-10,15H2,(H,16,17). The number of morpholine rings is 1. The summed E-state index contributed by atoms with van der Waals surface area (Å²) in [6.07, 6.45) is 10.4. The Hall–Kier alpha value is -0.810. The van der Waals surface area contributed by atoms with E-state index in [2.05, 4.69) is 10.3 Å². The molecular weight excluding hydrogens is 240 g/mol. The maximum Gasteiger partial charge on any atom is 0.209 e. The van der Waals surface area contributed by atoms with E-state index in [1.807, 2.05) is 0 Å². The predicted molar refractivity (Wildman–Crippen MR) is 75.7 cm³/mol. The number of rotatable bonds is 1. The lowest BCUT2D eigenvalue weighted by Crippen LogP contribution is -2.56. The second kappa shape index (κ2) is 6.09. The number of guanidine groups is 1. The van der Waals surface area contributed by atoms with Crippen LogP contribution in [-0.2, 0) is 4.74 Å². The maximum absolute atomic E-state index is 5.85. The largest absolute Gasteiger partial charge is 0.374 e. The van der Waals surface area contributed by atoms with Gasteiger partial charge in [0.25, 0.3) is 0 Å². The van der Waals surface area contributed by atoms with Gasteiger partial charge in [0.15, 0.2) is 0 Å². The van der Waals surface area contributed by atoms with Gasteiger partial charge in [0.05, 0.1) is 24.8 Å². The molecule has 5 heteroatoms. The molecule has 2 unspecified atom stereocenters. The fraction of sp³-hybridized carbons (Fsp3) is 0.929. The normalized spacial score (nSPS) is 33.3. The van der Waals surface area contributed by atoms with E-state index >= 15 is 0 Å². The summed E-state index contributed by atoms with van der Waals surface area (Å²) in [4.78, 5) is 7.25. The van der Waals surface area contributed by atoms with Gasteiger partial charge < -0.3 is 9.64 Å². The zero-order chi connectivity index (χ0) is 13.1. The first-order valence-electron chi connectivity index (χ1n) is 7.81.